The quantitative estimate of drug-likeness (QED) is 0.887. The normalized spacial score (nSPS) is 15.2. The molecule has 1 saturated carbocycles. The Hall–Kier alpha value is -1.62. The number of rotatable bonds is 3. The molecule has 82 valence electrons. The third-order valence-electron chi connectivity index (χ3n) is 2.63. The summed E-state index contributed by atoms with van der Waals surface area (Å²) in [5.41, 5.74) is 0.765. The van der Waals surface area contributed by atoms with Gasteiger partial charge < -0.3 is 9.67 Å². The van der Waals surface area contributed by atoms with Gasteiger partial charge in [0.25, 0.3) is 0 Å². The zero-order chi connectivity index (χ0) is 11.1. The van der Waals surface area contributed by atoms with E-state index in [0.29, 0.717) is 10.8 Å². The smallest absolute Gasteiger partial charge is 0.347 e. The molecule has 3 rings (SSSR count). The fraction of sp³-hybridized carbons (Fsp3) is 0.273. The third kappa shape index (κ3) is 1.53. The molecule has 0 unspecified atom stereocenters. The maximum Gasteiger partial charge on any atom is 0.347 e. The topological polar surface area (TPSA) is 55.1 Å². The SMILES string of the molecule is O=C(O)c1sc(-n2cccc2)nc1C1CC1. The number of aromatic nitrogens is 2. The third-order valence-corrected chi connectivity index (χ3v) is 3.70. The molecule has 1 aliphatic rings. The molecule has 0 spiro atoms. The molecule has 1 N–H and O–H groups in total. The van der Waals surface area contributed by atoms with Gasteiger partial charge in [0.15, 0.2) is 5.13 Å². The largest absolute Gasteiger partial charge is 0.477 e. The second kappa shape index (κ2) is 3.45. The number of aromatic carboxylic acids is 1. The first-order chi connectivity index (χ1) is 7.75. The van der Waals surface area contributed by atoms with Crippen LogP contribution in [0.1, 0.15) is 34.1 Å². The molecule has 0 atom stereocenters. The Balaban J connectivity index is 2.08. The number of hydrogen-bond acceptors (Lipinski definition) is 3. The van der Waals surface area contributed by atoms with E-state index in [4.69, 9.17) is 5.11 Å². The van der Waals surface area contributed by atoms with Crippen molar-refractivity contribution in [2.24, 2.45) is 0 Å². The molecule has 5 heteroatoms. The van der Waals surface area contributed by atoms with Gasteiger partial charge >= 0.3 is 5.97 Å². The molecule has 4 nitrogen and oxygen atoms in total. The predicted molar refractivity (Wildman–Crippen MR) is 60.4 cm³/mol. The van der Waals surface area contributed by atoms with Gasteiger partial charge in [-0.2, -0.15) is 0 Å². The predicted octanol–water partition coefficient (Wildman–Crippen LogP) is 2.51. The van der Waals surface area contributed by atoms with Crippen molar-refractivity contribution in [1.82, 2.24) is 9.55 Å². The zero-order valence-electron chi connectivity index (χ0n) is 8.46. The van der Waals surface area contributed by atoms with Crippen LogP contribution in [0.3, 0.4) is 0 Å². The van der Waals surface area contributed by atoms with Crippen molar-refractivity contribution in [3.8, 4) is 5.13 Å². The van der Waals surface area contributed by atoms with Gasteiger partial charge in [0.1, 0.15) is 4.88 Å². The molecule has 0 radical (unpaired) electrons. The zero-order valence-corrected chi connectivity index (χ0v) is 9.28. The van der Waals surface area contributed by atoms with Crippen LogP contribution in [0, 0.1) is 0 Å². The molecule has 2 aromatic rings. The highest BCUT2D eigenvalue weighted by molar-refractivity contribution is 7.16. The second-order valence-electron chi connectivity index (χ2n) is 3.88. The molecule has 2 aromatic heterocycles. The van der Waals surface area contributed by atoms with Crippen molar-refractivity contribution in [1.29, 1.82) is 0 Å². The number of carboxylic acid groups (broad SMARTS) is 1. The summed E-state index contributed by atoms with van der Waals surface area (Å²) in [5.74, 6) is -0.496. The molecule has 0 saturated heterocycles. The number of thiazole rings is 1. The highest BCUT2D eigenvalue weighted by Crippen LogP contribution is 2.43. The van der Waals surface area contributed by atoms with E-state index in [1.165, 1.54) is 11.3 Å². The van der Waals surface area contributed by atoms with Crippen molar-refractivity contribution in [2.75, 3.05) is 0 Å². The second-order valence-corrected chi connectivity index (χ2v) is 4.86. The van der Waals surface area contributed by atoms with Crippen LogP contribution in [-0.4, -0.2) is 20.6 Å². The maximum absolute atomic E-state index is 11.1. The van der Waals surface area contributed by atoms with Crippen molar-refractivity contribution < 1.29 is 9.90 Å². The molecule has 0 aromatic carbocycles. The van der Waals surface area contributed by atoms with E-state index in [1.807, 2.05) is 29.1 Å². The average Bonchev–Trinajstić information content (AvgIpc) is 2.83. The van der Waals surface area contributed by atoms with Crippen LogP contribution in [0.15, 0.2) is 24.5 Å². The minimum atomic E-state index is -0.863. The van der Waals surface area contributed by atoms with E-state index in [1.54, 1.807) is 0 Å². The highest BCUT2D eigenvalue weighted by Gasteiger charge is 2.32. The van der Waals surface area contributed by atoms with E-state index in [-0.39, 0.29) is 0 Å². The summed E-state index contributed by atoms with van der Waals surface area (Å²) in [7, 11) is 0. The molecule has 1 aliphatic carbocycles. The van der Waals surface area contributed by atoms with Crippen LogP contribution in [0.5, 0.6) is 0 Å². The maximum atomic E-state index is 11.1. The average molecular weight is 234 g/mol. The molecule has 2 heterocycles. The van der Waals surface area contributed by atoms with Gasteiger partial charge in [0.2, 0.25) is 0 Å². The summed E-state index contributed by atoms with van der Waals surface area (Å²) in [4.78, 5) is 15.9. The highest BCUT2D eigenvalue weighted by atomic mass is 32.1. The summed E-state index contributed by atoms with van der Waals surface area (Å²) in [5, 5.41) is 9.85. The molecule has 16 heavy (non-hydrogen) atoms. The fourth-order valence-electron chi connectivity index (χ4n) is 1.68. The lowest BCUT2D eigenvalue weighted by atomic mass is 10.2. The first-order valence-electron chi connectivity index (χ1n) is 5.13. The number of hydrogen-bond donors (Lipinski definition) is 1. The Morgan fingerprint density at radius 1 is 1.44 bits per heavy atom. The minimum Gasteiger partial charge on any atom is -0.477 e. The van der Waals surface area contributed by atoms with E-state index in [0.717, 1.165) is 23.7 Å². The van der Waals surface area contributed by atoms with Crippen LogP contribution < -0.4 is 0 Å². The molecular formula is C11H10N2O2S. The lowest BCUT2D eigenvalue weighted by molar-refractivity contribution is 0.0700. The van der Waals surface area contributed by atoms with Crippen LogP contribution in [0.2, 0.25) is 0 Å². The van der Waals surface area contributed by atoms with Crippen molar-refractivity contribution in [2.45, 2.75) is 18.8 Å². The molecule has 0 bridgehead atoms. The van der Waals surface area contributed by atoms with Crippen molar-refractivity contribution in [3.63, 3.8) is 0 Å². The van der Waals surface area contributed by atoms with E-state index < -0.39 is 5.97 Å². The minimum absolute atomic E-state index is 0.367. The first-order valence-corrected chi connectivity index (χ1v) is 5.94. The number of carboxylic acids is 1. The lowest BCUT2D eigenvalue weighted by Gasteiger charge is -1.93. The Labute approximate surface area is 96.2 Å². The fourth-order valence-corrected chi connectivity index (χ4v) is 2.64. The van der Waals surface area contributed by atoms with Gasteiger partial charge in [-0.15, -0.1) is 0 Å². The standard InChI is InChI=1S/C11H10N2O2S/c14-10(15)9-8(7-3-4-7)12-11(16-9)13-5-1-2-6-13/h1-2,5-7H,3-4H2,(H,14,15). The molecule has 0 aliphatic heterocycles. The number of nitrogens with zero attached hydrogens (tertiary/aromatic N) is 2. The summed E-state index contributed by atoms with van der Waals surface area (Å²) < 4.78 is 1.85. The van der Waals surface area contributed by atoms with Crippen LogP contribution in [-0.2, 0) is 0 Å². The van der Waals surface area contributed by atoms with Gasteiger partial charge in [0, 0.05) is 18.3 Å². The Morgan fingerprint density at radius 2 is 2.12 bits per heavy atom. The van der Waals surface area contributed by atoms with Crippen molar-refractivity contribution >= 4 is 17.3 Å². The molecule has 1 fully saturated rings. The van der Waals surface area contributed by atoms with Gasteiger partial charge in [-0.25, -0.2) is 9.78 Å². The van der Waals surface area contributed by atoms with Crippen LogP contribution in [0.4, 0.5) is 0 Å². The summed E-state index contributed by atoms with van der Waals surface area (Å²) >= 11 is 1.25. The summed E-state index contributed by atoms with van der Waals surface area (Å²) in [6.45, 7) is 0. The van der Waals surface area contributed by atoms with Crippen LogP contribution in [0.25, 0.3) is 5.13 Å². The Kier molecular flexibility index (Phi) is 2.07. The van der Waals surface area contributed by atoms with Gasteiger partial charge in [-0.05, 0) is 25.0 Å². The van der Waals surface area contributed by atoms with Gasteiger partial charge in [-0.3, -0.25) is 0 Å². The van der Waals surface area contributed by atoms with E-state index >= 15 is 0 Å². The van der Waals surface area contributed by atoms with E-state index in [2.05, 4.69) is 4.98 Å². The summed E-state index contributed by atoms with van der Waals surface area (Å²) in [6.07, 6.45) is 5.88. The van der Waals surface area contributed by atoms with Gasteiger partial charge in [-0.1, -0.05) is 11.3 Å². The van der Waals surface area contributed by atoms with Crippen LogP contribution >= 0.6 is 11.3 Å². The van der Waals surface area contributed by atoms with Crippen molar-refractivity contribution in [3.05, 3.63) is 35.1 Å². The first kappa shape index (κ1) is 9.59. The number of carbonyl (C=O) groups is 1. The van der Waals surface area contributed by atoms with Gasteiger partial charge in [0.05, 0.1) is 5.69 Å². The lowest BCUT2D eigenvalue weighted by Crippen LogP contribution is -1.97. The van der Waals surface area contributed by atoms with E-state index in [9.17, 15) is 4.79 Å². The monoisotopic (exact) mass is 234 g/mol. The Morgan fingerprint density at radius 3 is 2.69 bits per heavy atom. The molecule has 0 amide bonds. The Bertz CT molecular complexity index is 526. The molecular weight excluding hydrogens is 224 g/mol. The summed E-state index contributed by atoms with van der Waals surface area (Å²) in [6, 6.07) is 3.80.